The molecule has 13 heavy (non-hydrogen) atoms. The summed E-state index contributed by atoms with van der Waals surface area (Å²) in [6.07, 6.45) is -1.19. The Hall–Kier alpha value is -0.910. The zero-order valence-electron chi connectivity index (χ0n) is 7.12. The molecule has 0 aromatic carbocycles. The van der Waals surface area contributed by atoms with Gasteiger partial charge < -0.3 is 20.1 Å². The van der Waals surface area contributed by atoms with Crippen LogP contribution in [0.2, 0.25) is 0 Å². The number of aliphatic hydroxyl groups excluding tert-OH is 3. The molecular formula is C8H12O5. The lowest BCUT2D eigenvalue weighted by molar-refractivity contribution is -0.152. The molecule has 0 saturated heterocycles. The number of esters is 1. The highest BCUT2D eigenvalue weighted by molar-refractivity contribution is 5.75. The van der Waals surface area contributed by atoms with Gasteiger partial charge in [0, 0.05) is 0 Å². The number of carbonyl (C=O) groups is 1. The molecule has 0 bridgehead atoms. The van der Waals surface area contributed by atoms with Crippen molar-refractivity contribution in [2.24, 2.45) is 5.92 Å². The monoisotopic (exact) mass is 188 g/mol. The molecule has 0 radical (unpaired) electrons. The number of hydrogen-bond acceptors (Lipinski definition) is 5. The Morgan fingerprint density at radius 3 is 2.38 bits per heavy atom. The van der Waals surface area contributed by atoms with E-state index >= 15 is 0 Å². The van der Waals surface area contributed by atoms with E-state index in [1.54, 1.807) is 0 Å². The maximum absolute atomic E-state index is 11.0. The Morgan fingerprint density at radius 2 is 1.85 bits per heavy atom. The minimum Gasteiger partial charge on any atom is -0.468 e. The molecule has 0 aromatic heterocycles. The van der Waals surface area contributed by atoms with Gasteiger partial charge in [-0.15, -0.1) is 0 Å². The fourth-order valence-corrected chi connectivity index (χ4v) is 1.23. The van der Waals surface area contributed by atoms with Crippen LogP contribution in [0.15, 0.2) is 12.2 Å². The van der Waals surface area contributed by atoms with E-state index in [1.165, 1.54) is 19.3 Å². The second kappa shape index (κ2) is 3.87. The third-order valence-electron chi connectivity index (χ3n) is 2.06. The van der Waals surface area contributed by atoms with Crippen molar-refractivity contribution >= 4 is 5.97 Å². The van der Waals surface area contributed by atoms with Gasteiger partial charge in [0.15, 0.2) is 0 Å². The summed E-state index contributed by atoms with van der Waals surface area (Å²) in [5.41, 5.74) is 0. The second-order valence-corrected chi connectivity index (χ2v) is 2.91. The molecule has 5 heteroatoms. The summed E-state index contributed by atoms with van der Waals surface area (Å²) in [7, 11) is 1.19. The first-order valence-corrected chi connectivity index (χ1v) is 3.88. The molecule has 1 aliphatic carbocycles. The van der Waals surface area contributed by atoms with Gasteiger partial charge in [-0.05, 0) is 0 Å². The quantitative estimate of drug-likeness (QED) is 0.342. The van der Waals surface area contributed by atoms with Crippen LogP contribution in [0.25, 0.3) is 0 Å². The van der Waals surface area contributed by atoms with Gasteiger partial charge in [0.05, 0.1) is 13.2 Å². The fraction of sp³-hybridized carbons (Fsp3) is 0.625. The van der Waals surface area contributed by atoms with Crippen LogP contribution >= 0.6 is 0 Å². The predicted molar refractivity (Wildman–Crippen MR) is 42.7 cm³/mol. The van der Waals surface area contributed by atoms with E-state index in [4.69, 9.17) is 5.11 Å². The molecule has 0 saturated carbocycles. The summed E-state index contributed by atoms with van der Waals surface area (Å²) >= 11 is 0. The Kier molecular flexibility index (Phi) is 3.02. The number of ether oxygens (including phenoxy) is 1. The van der Waals surface area contributed by atoms with Crippen molar-refractivity contribution in [3.63, 3.8) is 0 Å². The lowest BCUT2D eigenvalue weighted by atomic mass is 9.89. The van der Waals surface area contributed by atoms with E-state index in [9.17, 15) is 15.0 Å². The molecule has 0 aliphatic heterocycles. The maximum atomic E-state index is 11.0. The topological polar surface area (TPSA) is 87.0 Å². The van der Waals surface area contributed by atoms with E-state index in [2.05, 4.69) is 4.74 Å². The van der Waals surface area contributed by atoms with Gasteiger partial charge in [-0.25, -0.2) is 0 Å². The van der Waals surface area contributed by atoms with E-state index in [0.29, 0.717) is 0 Å². The first-order valence-electron chi connectivity index (χ1n) is 3.88. The van der Waals surface area contributed by atoms with Crippen LogP contribution in [0.3, 0.4) is 0 Å². The summed E-state index contributed by atoms with van der Waals surface area (Å²) in [4.78, 5) is 11.0. The minimum atomic E-state index is -1.34. The highest BCUT2D eigenvalue weighted by atomic mass is 16.5. The molecule has 0 heterocycles. The molecule has 4 unspecified atom stereocenters. The minimum absolute atomic E-state index is 0.630. The van der Waals surface area contributed by atoms with Crippen molar-refractivity contribution in [1.29, 1.82) is 0 Å². The zero-order chi connectivity index (χ0) is 10.0. The van der Waals surface area contributed by atoms with Gasteiger partial charge in [0.1, 0.15) is 18.1 Å². The third-order valence-corrected chi connectivity index (χ3v) is 2.06. The zero-order valence-corrected chi connectivity index (χ0v) is 7.12. The van der Waals surface area contributed by atoms with Crippen LogP contribution in [0.4, 0.5) is 0 Å². The van der Waals surface area contributed by atoms with Gasteiger partial charge in [0.25, 0.3) is 0 Å². The number of carbonyl (C=O) groups excluding carboxylic acids is 1. The Morgan fingerprint density at radius 1 is 1.23 bits per heavy atom. The summed E-state index contributed by atoms with van der Waals surface area (Å²) in [6.45, 7) is 0. The molecule has 5 nitrogen and oxygen atoms in total. The molecule has 0 amide bonds. The molecule has 0 fully saturated rings. The number of methoxy groups -OCH3 is 1. The van der Waals surface area contributed by atoms with E-state index in [1.807, 2.05) is 0 Å². The van der Waals surface area contributed by atoms with E-state index < -0.39 is 30.2 Å². The van der Waals surface area contributed by atoms with Crippen LogP contribution in [0.5, 0.6) is 0 Å². The van der Waals surface area contributed by atoms with Crippen molar-refractivity contribution in [2.75, 3.05) is 7.11 Å². The number of rotatable bonds is 1. The predicted octanol–water partition coefficient (Wildman–Crippen LogP) is -1.57. The molecule has 1 aliphatic rings. The maximum Gasteiger partial charge on any atom is 0.315 e. The lowest BCUT2D eigenvalue weighted by Crippen LogP contribution is -2.46. The second-order valence-electron chi connectivity index (χ2n) is 2.91. The Balaban J connectivity index is 2.78. The van der Waals surface area contributed by atoms with Crippen molar-refractivity contribution in [3.8, 4) is 0 Å². The van der Waals surface area contributed by atoms with E-state index in [-0.39, 0.29) is 0 Å². The normalized spacial score (nSPS) is 38.8. The molecule has 74 valence electrons. The SMILES string of the molecule is COC(=O)C1C=CC(O)C(O)C1O. The molecule has 1 rings (SSSR count). The average molecular weight is 188 g/mol. The van der Waals surface area contributed by atoms with Gasteiger partial charge in [-0.3, -0.25) is 4.79 Å². The van der Waals surface area contributed by atoms with Crippen molar-refractivity contribution in [1.82, 2.24) is 0 Å². The summed E-state index contributed by atoms with van der Waals surface area (Å²) in [5, 5.41) is 27.6. The van der Waals surface area contributed by atoms with Gasteiger partial charge in [-0.1, -0.05) is 12.2 Å². The smallest absolute Gasteiger partial charge is 0.315 e. The highest BCUT2D eigenvalue weighted by Crippen LogP contribution is 2.20. The molecule has 0 spiro atoms. The number of hydrogen-bond donors (Lipinski definition) is 3. The Labute approximate surface area is 75.3 Å². The van der Waals surface area contributed by atoms with Gasteiger partial charge in [-0.2, -0.15) is 0 Å². The summed E-state index contributed by atoms with van der Waals surface area (Å²) in [6, 6.07) is 0. The highest BCUT2D eigenvalue weighted by Gasteiger charge is 2.37. The van der Waals surface area contributed by atoms with E-state index in [0.717, 1.165) is 0 Å². The van der Waals surface area contributed by atoms with Gasteiger partial charge >= 0.3 is 5.97 Å². The fourth-order valence-electron chi connectivity index (χ4n) is 1.23. The van der Waals surface area contributed by atoms with Crippen molar-refractivity contribution in [2.45, 2.75) is 18.3 Å². The van der Waals surface area contributed by atoms with Crippen LogP contribution in [0, 0.1) is 5.92 Å². The van der Waals surface area contributed by atoms with Gasteiger partial charge in [0.2, 0.25) is 0 Å². The van der Waals surface area contributed by atoms with Crippen LogP contribution in [0.1, 0.15) is 0 Å². The third kappa shape index (κ3) is 1.88. The summed E-state index contributed by atoms with van der Waals surface area (Å²) < 4.78 is 4.40. The van der Waals surface area contributed by atoms with Crippen LogP contribution in [-0.2, 0) is 9.53 Å². The first kappa shape index (κ1) is 10.2. The van der Waals surface area contributed by atoms with Crippen molar-refractivity contribution < 1.29 is 24.9 Å². The number of aliphatic hydroxyl groups is 3. The summed E-state index contributed by atoms with van der Waals surface area (Å²) in [5.74, 6) is -1.53. The van der Waals surface area contributed by atoms with Crippen LogP contribution in [-0.4, -0.2) is 46.7 Å². The molecule has 4 atom stereocenters. The molecule has 3 N–H and O–H groups in total. The standard InChI is InChI=1S/C8H12O5/c1-13-8(12)4-2-3-5(9)7(11)6(4)10/h2-7,9-11H,1H3. The molecular weight excluding hydrogens is 176 g/mol. The largest absolute Gasteiger partial charge is 0.468 e. The van der Waals surface area contributed by atoms with Crippen LogP contribution < -0.4 is 0 Å². The van der Waals surface area contributed by atoms with Crippen molar-refractivity contribution in [3.05, 3.63) is 12.2 Å². The molecule has 0 aromatic rings. The lowest BCUT2D eigenvalue weighted by Gasteiger charge is -2.28. The Bertz CT molecular complexity index is 225. The first-order chi connectivity index (χ1) is 6.07. The average Bonchev–Trinajstić information content (AvgIpc) is 2.13.